The number of hydrogen-bond acceptors (Lipinski definition) is 6. The smallest absolute Gasteiger partial charge is 0.330 e. The number of para-hydroxylation sites is 1. The molecule has 0 aliphatic heterocycles. The van der Waals surface area contributed by atoms with Crippen LogP contribution in [0.15, 0.2) is 39.5 Å². The molecule has 2 aromatic rings. The average Bonchev–Trinajstić information content (AvgIpc) is 2.51. The van der Waals surface area contributed by atoms with E-state index in [1.165, 1.54) is 0 Å². The van der Waals surface area contributed by atoms with Gasteiger partial charge in [-0.15, -0.1) is 0 Å². The van der Waals surface area contributed by atoms with E-state index in [0.717, 1.165) is 13.2 Å². The lowest BCUT2D eigenvalue weighted by Crippen LogP contribution is -2.44. The summed E-state index contributed by atoms with van der Waals surface area (Å²) in [6, 6.07) is 6.28. The third-order valence-corrected chi connectivity index (χ3v) is 2.83. The van der Waals surface area contributed by atoms with Crippen molar-refractivity contribution < 1.29 is 23.8 Å². The fraction of sp³-hybridized carbons (Fsp3) is 0.214. The molecular formula is C14H13NO6. The Balaban J connectivity index is 2.31. The Labute approximate surface area is 119 Å². The van der Waals surface area contributed by atoms with Crippen molar-refractivity contribution in [3.05, 3.63) is 46.3 Å². The first kappa shape index (κ1) is 14.7. The van der Waals surface area contributed by atoms with Crippen molar-refractivity contribution in [2.45, 2.75) is 6.04 Å². The summed E-state index contributed by atoms with van der Waals surface area (Å²) in [4.78, 5) is 35.1. The molecule has 7 heteroatoms. The highest BCUT2D eigenvalue weighted by molar-refractivity contribution is 5.95. The van der Waals surface area contributed by atoms with Gasteiger partial charge in [-0.05, 0) is 12.1 Å². The summed E-state index contributed by atoms with van der Waals surface area (Å²) < 4.78 is 9.75. The van der Waals surface area contributed by atoms with E-state index in [0.29, 0.717) is 5.39 Å². The van der Waals surface area contributed by atoms with Crippen LogP contribution in [0.3, 0.4) is 0 Å². The Bertz CT molecular complexity index is 736. The van der Waals surface area contributed by atoms with Gasteiger partial charge in [-0.2, -0.15) is 0 Å². The number of carbonyl (C=O) groups is 2. The van der Waals surface area contributed by atoms with E-state index in [4.69, 9.17) is 9.52 Å². The molecule has 0 unspecified atom stereocenters. The van der Waals surface area contributed by atoms with Crippen molar-refractivity contribution in [1.29, 1.82) is 0 Å². The topological polar surface area (TPSA) is 106 Å². The molecule has 110 valence electrons. The fourth-order valence-corrected chi connectivity index (χ4v) is 1.77. The second-order valence-electron chi connectivity index (χ2n) is 4.20. The molecule has 1 heterocycles. The predicted octanol–water partition coefficient (Wildman–Crippen LogP) is 0.0567. The van der Waals surface area contributed by atoms with Crippen LogP contribution in [0.1, 0.15) is 10.6 Å². The first-order chi connectivity index (χ1) is 10.1. The van der Waals surface area contributed by atoms with E-state index in [1.54, 1.807) is 24.3 Å². The summed E-state index contributed by atoms with van der Waals surface area (Å²) in [7, 11) is 1.13. The van der Waals surface area contributed by atoms with Crippen LogP contribution in [0.5, 0.6) is 0 Å². The fourth-order valence-electron chi connectivity index (χ4n) is 1.77. The summed E-state index contributed by atoms with van der Waals surface area (Å²) in [6.07, 6.45) is 0. The summed E-state index contributed by atoms with van der Waals surface area (Å²) in [5.41, 5.74) is -0.116. The van der Waals surface area contributed by atoms with Crippen molar-refractivity contribution in [3.8, 4) is 0 Å². The van der Waals surface area contributed by atoms with Gasteiger partial charge in [-0.25, -0.2) is 4.79 Å². The Hall–Kier alpha value is -2.67. The van der Waals surface area contributed by atoms with Gasteiger partial charge >= 0.3 is 5.97 Å². The minimum absolute atomic E-state index is 0.249. The first-order valence-electron chi connectivity index (χ1n) is 6.09. The van der Waals surface area contributed by atoms with E-state index in [2.05, 4.69) is 10.1 Å². The molecule has 1 amide bonds. The highest BCUT2D eigenvalue weighted by Gasteiger charge is 2.22. The number of hydrogen-bond donors (Lipinski definition) is 2. The SMILES string of the molecule is COC(=O)[C@@H](CO)NC(=O)c1cc(=O)c2ccccc2o1. The molecule has 1 atom stereocenters. The van der Waals surface area contributed by atoms with Crippen molar-refractivity contribution in [2.24, 2.45) is 0 Å². The lowest BCUT2D eigenvalue weighted by molar-refractivity contribution is -0.143. The highest BCUT2D eigenvalue weighted by Crippen LogP contribution is 2.11. The standard InChI is InChI=1S/C14H13NO6/c1-20-14(19)9(7-16)15-13(18)12-6-10(17)8-4-2-3-5-11(8)21-12/h2-6,9,16H,7H2,1H3,(H,15,18)/t9-/m1/s1. The minimum Gasteiger partial charge on any atom is -0.467 e. The van der Waals surface area contributed by atoms with E-state index in [-0.39, 0.29) is 16.8 Å². The van der Waals surface area contributed by atoms with Crippen molar-refractivity contribution in [2.75, 3.05) is 13.7 Å². The van der Waals surface area contributed by atoms with Gasteiger partial charge in [0.2, 0.25) is 0 Å². The third-order valence-electron chi connectivity index (χ3n) is 2.83. The Morgan fingerprint density at radius 1 is 1.38 bits per heavy atom. The number of benzene rings is 1. The predicted molar refractivity (Wildman–Crippen MR) is 72.8 cm³/mol. The number of nitrogens with one attached hydrogen (secondary N) is 1. The molecule has 1 aromatic heterocycles. The monoisotopic (exact) mass is 291 g/mol. The van der Waals surface area contributed by atoms with E-state index in [1.807, 2.05) is 0 Å². The number of esters is 1. The molecule has 0 fully saturated rings. The maximum absolute atomic E-state index is 12.0. The molecule has 2 rings (SSSR count). The van der Waals surface area contributed by atoms with Gasteiger partial charge < -0.3 is 19.6 Å². The quantitative estimate of drug-likeness (QED) is 0.771. The molecule has 1 aromatic carbocycles. The normalized spacial score (nSPS) is 11.9. The van der Waals surface area contributed by atoms with E-state index in [9.17, 15) is 14.4 Å². The van der Waals surface area contributed by atoms with Gasteiger partial charge in [-0.1, -0.05) is 12.1 Å². The number of amides is 1. The first-order valence-corrected chi connectivity index (χ1v) is 6.09. The molecule has 7 nitrogen and oxygen atoms in total. The summed E-state index contributed by atoms with van der Waals surface area (Å²) in [6.45, 7) is -0.629. The Morgan fingerprint density at radius 2 is 2.10 bits per heavy atom. The summed E-state index contributed by atoms with van der Waals surface area (Å²) in [5.74, 6) is -1.84. The zero-order chi connectivity index (χ0) is 15.4. The number of carbonyl (C=O) groups excluding carboxylic acids is 2. The molecule has 0 radical (unpaired) electrons. The van der Waals surface area contributed by atoms with Gasteiger partial charge in [-0.3, -0.25) is 9.59 Å². The molecule has 2 N–H and O–H groups in total. The highest BCUT2D eigenvalue weighted by atomic mass is 16.5. The number of fused-ring (bicyclic) bond motifs is 1. The van der Waals surface area contributed by atoms with Crippen molar-refractivity contribution >= 4 is 22.8 Å². The van der Waals surface area contributed by atoms with Gasteiger partial charge in [0.1, 0.15) is 5.58 Å². The zero-order valence-corrected chi connectivity index (χ0v) is 11.2. The van der Waals surface area contributed by atoms with E-state index >= 15 is 0 Å². The van der Waals surface area contributed by atoms with Crippen LogP contribution < -0.4 is 10.7 Å². The van der Waals surface area contributed by atoms with Crippen LogP contribution in [-0.4, -0.2) is 36.7 Å². The van der Waals surface area contributed by atoms with Crippen LogP contribution in [0, 0.1) is 0 Å². The zero-order valence-electron chi connectivity index (χ0n) is 11.2. The lowest BCUT2D eigenvalue weighted by Gasteiger charge is -2.13. The molecule has 0 saturated carbocycles. The van der Waals surface area contributed by atoms with Gasteiger partial charge in [0.15, 0.2) is 17.2 Å². The van der Waals surface area contributed by atoms with Crippen LogP contribution in [0.4, 0.5) is 0 Å². The Morgan fingerprint density at radius 3 is 2.76 bits per heavy atom. The van der Waals surface area contributed by atoms with Crippen molar-refractivity contribution in [1.82, 2.24) is 5.32 Å². The molecule has 0 saturated heterocycles. The van der Waals surface area contributed by atoms with Gasteiger partial charge in [0, 0.05) is 6.07 Å². The largest absolute Gasteiger partial charge is 0.467 e. The number of aliphatic hydroxyl groups is 1. The van der Waals surface area contributed by atoms with Crippen LogP contribution in [0.2, 0.25) is 0 Å². The second kappa shape index (κ2) is 6.19. The molecule has 0 spiro atoms. The summed E-state index contributed by atoms with van der Waals surface area (Å²) >= 11 is 0. The molecular weight excluding hydrogens is 278 g/mol. The maximum atomic E-state index is 12.0. The van der Waals surface area contributed by atoms with Gasteiger partial charge in [0.05, 0.1) is 19.1 Å². The third kappa shape index (κ3) is 3.09. The van der Waals surface area contributed by atoms with E-state index < -0.39 is 24.5 Å². The van der Waals surface area contributed by atoms with Crippen LogP contribution in [-0.2, 0) is 9.53 Å². The Kier molecular flexibility index (Phi) is 4.34. The number of aliphatic hydroxyl groups excluding tert-OH is 1. The number of methoxy groups -OCH3 is 1. The maximum Gasteiger partial charge on any atom is 0.330 e. The van der Waals surface area contributed by atoms with Gasteiger partial charge in [0.25, 0.3) is 5.91 Å². The average molecular weight is 291 g/mol. The number of ether oxygens (including phenoxy) is 1. The molecule has 0 aliphatic rings. The second-order valence-corrected chi connectivity index (χ2v) is 4.20. The van der Waals surface area contributed by atoms with Crippen LogP contribution in [0.25, 0.3) is 11.0 Å². The van der Waals surface area contributed by atoms with Crippen LogP contribution >= 0.6 is 0 Å². The molecule has 0 aliphatic carbocycles. The minimum atomic E-state index is -1.22. The van der Waals surface area contributed by atoms with Crippen molar-refractivity contribution in [3.63, 3.8) is 0 Å². The number of rotatable bonds is 4. The molecule has 0 bridgehead atoms. The molecule has 21 heavy (non-hydrogen) atoms. The lowest BCUT2D eigenvalue weighted by atomic mass is 10.2. The summed E-state index contributed by atoms with van der Waals surface area (Å²) in [5, 5.41) is 11.6.